The molecule has 9 heteroatoms. The first kappa shape index (κ1) is 21.5. The number of aryl methyl sites for hydroxylation is 1. The lowest BCUT2D eigenvalue weighted by atomic mass is 10.1. The number of nitrogens with one attached hydrogen (secondary N) is 1. The van der Waals surface area contributed by atoms with Crippen LogP contribution in [-0.2, 0) is 6.54 Å². The summed E-state index contributed by atoms with van der Waals surface area (Å²) in [5.41, 5.74) is 1.03. The van der Waals surface area contributed by atoms with Crippen LogP contribution in [0, 0.1) is 17.0 Å². The third-order valence-electron chi connectivity index (χ3n) is 4.08. The predicted octanol–water partition coefficient (Wildman–Crippen LogP) is 3.55. The molecule has 2 rings (SSSR count). The van der Waals surface area contributed by atoms with E-state index in [4.69, 9.17) is 0 Å². The normalized spacial score (nSPS) is 10.5. The molecule has 8 nitrogen and oxygen atoms in total. The molecule has 1 aromatic heterocycles. The Hall–Kier alpha value is -2.81. The summed E-state index contributed by atoms with van der Waals surface area (Å²) in [6.45, 7) is 6.87. The highest BCUT2D eigenvalue weighted by atomic mass is 32.1. The molecule has 0 radical (unpaired) electrons. The molecule has 0 aliphatic heterocycles. The van der Waals surface area contributed by atoms with Crippen molar-refractivity contribution in [3.05, 3.63) is 55.5 Å². The van der Waals surface area contributed by atoms with Crippen LogP contribution in [0.5, 0.6) is 0 Å². The highest BCUT2D eigenvalue weighted by molar-refractivity contribution is 7.09. The van der Waals surface area contributed by atoms with Crippen LogP contribution in [0.3, 0.4) is 0 Å². The fraction of sp³-hybridized carbons (Fsp3) is 0.421. The van der Waals surface area contributed by atoms with Crippen molar-refractivity contribution in [2.45, 2.75) is 40.2 Å². The summed E-state index contributed by atoms with van der Waals surface area (Å²) in [6.07, 6.45) is 1.57. The standard InChI is InChI=1S/C19H24N4O4S/c1-4-8-20-18(24)15-12-28-17(21-15)11-22(9-5-2)19(25)14-7-6-13(3)16(10-14)23(26)27/h6-7,10,12H,4-5,8-9,11H2,1-3H3,(H,20,24). The Morgan fingerprint density at radius 3 is 2.68 bits per heavy atom. The maximum absolute atomic E-state index is 12.9. The molecule has 0 saturated heterocycles. The Balaban J connectivity index is 2.18. The number of rotatable bonds is 9. The largest absolute Gasteiger partial charge is 0.351 e. The van der Waals surface area contributed by atoms with Gasteiger partial charge < -0.3 is 10.2 Å². The number of carbonyl (C=O) groups is 2. The van der Waals surface area contributed by atoms with Crippen LogP contribution in [0.15, 0.2) is 23.6 Å². The highest BCUT2D eigenvalue weighted by Crippen LogP contribution is 2.21. The lowest BCUT2D eigenvalue weighted by Crippen LogP contribution is -2.31. The smallest absolute Gasteiger partial charge is 0.273 e. The van der Waals surface area contributed by atoms with Crippen LogP contribution in [0.4, 0.5) is 5.69 Å². The maximum Gasteiger partial charge on any atom is 0.273 e. The molecular formula is C19H24N4O4S. The Labute approximate surface area is 167 Å². The zero-order valence-electron chi connectivity index (χ0n) is 16.2. The van der Waals surface area contributed by atoms with Gasteiger partial charge >= 0.3 is 0 Å². The molecule has 0 unspecified atom stereocenters. The number of benzene rings is 1. The summed E-state index contributed by atoms with van der Waals surface area (Å²) in [4.78, 5) is 41.5. The third-order valence-corrected chi connectivity index (χ3v) is 4.91. The van der Waals surface area contributed by atoms with Crippen molar-refractivity contribution < 1.29 is 14.5 Å². The molecular weight excluding hydrogens is 380 g/mol. The van der Waals surface area contributed by atoms with E-state index in [1.165, 1.54) is 17.4 Å². The first-order valence-electron chi connectivity index (χ1n) is 9.14. The van der Waals surface area contributed by atoms with E-state index in [1.807, 2.05) is 13.8 Å². The van der Waals surface area contributed by atoms with Gasteiger partial charge in [-0.05, 0) is 25.8 Å². The number of aromatic nitrogens is 1. The van der Waals surface area contributed by atoms with Crippen LogP contribution in [0.25, 0.3) is 0 Å². The second-order valence-corrected chi connectivity index (χ2v) is 7.31. The molecule has 2 aromatic rings. The number of amides is 2. The van der Waals surface area contributed by atoms with Crippen molar-refractivity contribution in [1.29, 1.82) is 0 Å². The third kappa shape index (κ3) is 5.35. The second-order valence-electron chi connectivity index (χ2n) is 6.37. The Kier molecular flexibility index (Phi) is 7.62. The Morgan fingerprint density at radius 1 is 1.29 bits per heavy atom. The van der Waals surface area contributed by atoms with Gasteiger partial charge in [0.25, 0.3) is 17.5 Å². The van der Waals surface area contributed by atoms with E-state index in [1.54, 1.807) is 29.3 Å². The quantitative estimate of drug-likeness (QED) is 0.508. The number of nitrogens with zero attached hydrogens (tertiary/aromatic N) is 3. The van der Waals surface area contributed by atoms with Crippen molar-refractivity contribution >= 4 is 28.8 Å². The van der Waals surface area contributed by atoms with E-state index in [-0.39, 0.29) is 29.6 Å². The summed E-state index contributed by atoms with van der Waals surface area (Å²) >= 11 is 1.31. The van der Waals surface area contributed by atoms with E-state index < -0.39 is 4.92 Å². The second kappa shape index (κ2) is 9.93. The number of nitro groups is 1. The van der Waals surface area contributed by atoms with Gasteiger partial charge in [0.2, 0.25) is 0 Å². The fourth-order valence-electron chi connectivity index (χ4n) is 2.62. The number of thiazole rings is 1. The van der Waals surface area contributed by atoms with E-state index in [9.17, 15) is 19.7 Å². The molecule has 0 spiro atoms. The zero-order chi connectivity index (χ0) is 20.7. The van der Waals surface area contributed by atoms with E-state index in [0.29, 0.717) is 29.4 Å². The highest BCUT2D eigenvalue weighted by Gasteiger charge is 2.21. The molecule has 0 bridgehead atoms. The van der Waals surface area contributed by atoms with Gasteiger partial charge in [0.1, 0.15) is 10.7 Å². The minimum absolute atomic E-state index is 0.0774. The minimum Gasteiger partial charge on any atom is -0.351 e. The van der Waals surface area contributed by atoms with Gasteiger partial charge in [-0.2, -0.15) is 0 Å². The minimum atomic E-state index is -0.488. The van der Waals surface area contributed by atoms with Crippen LogP contribution < -0.4 is 5.32 Å². The molecule has 0 aliphatic carbocycles. The summed E-state index contributed by atoms with van der Waals surface area (Å²) in [5, 5.41) is 16.2. The maximum atomic E-state index is 12.9. The molecule has 0 saturated carbocycles. The van der Waals surface area contributed by atoms with Crippen LogP contribution in [0.2, 0.25) is 0 Å². The van der Waals surface area contributed by atoms with Gasteiger partial charge in [-0.15, -0.1) is 11.3 Å². The molecule has 28 heavy (non-hydrogen) atoms. The lowest BCUT2D eigenvalue weighted by molar-refractivity contribution is -0.385. The van der Waals surface area contributed by atoms with Crippen molar-refractivity contribution in [1.82, 2.24) is 15.2 Å². The summed E-state index contributed by atoms with van der Waals surface area (Å²) < 4.78 is 0. The first-order valence-corrected chi connectivity index (χ1v) is 10.0. The van der Waals surface area contributed by atoms with Crippen LogP contribution in [-0.4, -0.2) is 39.7 Å². The molecule has 1 aromatic carbocycles. The predicted molar refractivity (Wildman–Crippen MR) is 108 cm³/mol. The van der Waals surface area contributed by atoms with Gasteiger partial charge in [-0.3, -0.25) is 19.7 Å². The molecule has 0 aliphatic rings. The number of carbonyl (C=O) groups excluding carboxylic acids is 2. The Morgan fingerprint density at radius 2 is 2.04 bits per heavy atom. The summed E-state index contributed by atoms with van der Waals surface area (Å²) in [6, 6.07) is 4.49. The van der Waals surface area contributed by atoms with E-state index in [2.05, 4.69) is 10.3 Å². The number of hydrogen-bond acceptors (Lipinski definition) is 6. The van der Waals surface area contributed by atoms with Gasteiger partial charge in [0.05, 0.1) is 11.5 Å². The van der Waals surface area contributed by atoms with Gasteiger partial charge in [-0.25, -0.2) is 4.98 Å². The topological polar surface area (TPSA) is 105 Å². The SMILES string of the molecule is CCCNC(=O)c1csc(CN(CCC)C(=O)c2ccc(C)c([N+](=O)[O-])c2)n1. The number of nitro benzene ring substituents is 1. The number of hydrogen-bond donors (Lipinski definition) is 1. The zero-order valence-corrected chi connectivity index (χ0v) is 17.0. The fourth-order valence-corrected chi connectivity index (χ4v) is 3.41. The molecule has 0 atom stereocenters. The monoisotopic (exact) mass is 404 g/mol. The molecule has 1 heterocycles. The molecule has 0 fully saturated rings. The van der Waals surface area contributed by atoms with Crippen LogP contribution in [0.1, 0.15) is 58.1 Å². The van der Waals surface area contributed by atoms with Gasteiger partial charge in [0, 0.05) is 35.7 Å². The lowest BCUT2D eigenvalue weighted by Gasteiger charge is -2.21. The summed E-state index contributed by atoms with van der Waals surface area (Å²) in [5.74, 6) is -0.524. The van der Waals surface area contributed by atoms with Crippen molar-refractivity contribution in [3.63, 3.8) is 0 Å². The molecule has 1 N–H and O–H groups in total. The Bertz CT molecular complexity index is 865. The van der Waals surface area contributed by atoms with Crippen molar-refractivity contribution in [2.24, 2.45) is 0 Å². The summed E-state index contributed by atoms with van der Waals surface area (Å²) in [7, 11) is 0. The first-order chi connectivity index (χ1) is 13.4. The van der Waals surface area contributed by atoms with E-state index in [0.717, 1.165) is 12.8 Å². The van der Waals surface area contributed by atoms with Crippen molar-refractivity contribution in [2.75, 3.05) is 13.1 Å². The van der Waals surface area contributed by atoms with Crippen LogP contribution >= 0.6 is 11.3 Å². The molecule has 150 valence electrons. The van der Waals surface area contributed by atoms with Crippen molar-refractivity contribution in [3.8, 4) is 0 Å². The van der Waals surface area contributed by atoms with E-state index >= 15 is 0 Å². The average molecular weight is 404 g/mol. The molecule has 2 amide bonds. The van der Waals surface area contributed by atoms with Gasteiger partial charge in [0.15, 0.2) is 0 Å². The average Bonchev–Trinajstić information content (AvgIpc) is 3.14. The van der Waals surface area contributed by atoms with Gasteiger partial charge in [-0.1, -0.05) is 19.9 Å².